The fourth-order valence-corrected chi connectivity index (χ4v) is 7.61. The number of ketones is 2. The molecule has 0 aliphatic heterocycles. The smallest absolute Gasteiger partial charge is 0.255 e. The Bertz CT molecular complexity index is 1450. The maximum Gasteiger partial charge on any atom is 0.255 e. The van der Waals surface area contributed by atoms with E-state index >= 15 is 0 Å². The predicted octanol–water partition coefficient (Wildman–Crippen LogP) is 5.38. The molecule has 1 fully saturated rings. The van der Waals surface area contributed by atoms with E-state index in [2.05, 4.69) is 12.2 Å². The minimum Gasteiger partial charge on any atom is -0.508 e. The minimum atomic E-state index is -2.90. The molecule has 0 aromatic heterocycles. The summed E-state index contributed by atoms with van der Waals surface area (Å²) in [5.41, 5.74) is 1.15. The van der Waals surface area contributed by atoms with Crippen molar-refractivity contribution >= 4 is 34.8 Å². The lowest BCUT2D eigenvalue weighted by Crippen LogP contribution is -2.63. The van der Waals surface area contributed by atoms with Gasteiger partial charge in [-0.25, -0.2) is 0 Å². The zero-order valence-electron chi connectivity index (χ0n) is 27.5. The lowest BCUT2D eigenvalue weighted by molar-refractivity contribution is -0.160. The van der Waals surface area contributed by atoms with Crippen LogP contribution in [0.1, 0.15) is 127 Å². The highest BCUT2D eigenvalue weighted by Crippen LogP contribution is 2.56. The number of phenolic OH excluding ortho intramolecular Hbond substituents is 1. The van der Waals surface area contributed by atoms with Gasteiger partial charge in [0.05, 0.1) is 17.4 Å². The van der Waals surface area contributed by atoms with Gasteiger partial charge in [0.15, 0.2) is 11.4 Å². The average molecular weight is 655 g/mol. The van der Waals surface area contributed by atoms with Gasteiger partial charge in [-0.3, -0.25) is 19.2 Å². The fraction of sp³-hybridized carbons (Fsp3) is 0.611. The van der Waals surface area contributed by atoms with Crippen LogP contribution in [0.25, 0.3) is 5.76 Å². The topological polar surface area (TPSA) is 207 Å². The fourth-order valence-electron chi connectivity index (χ4n) is 7.61. The number of carbonyl (C=O) groups is 4. The Morgan fingerprint density at radius 1 is 0.915 bits per heavy atom. The van der Waals surface area contributed by atoms with Gasteiger partial charge in [0.1, 0.15) is 22.8 Å². The highest BCUT2D eigenvalue weighted by atomic mass is 16.4. The molecular formula is C36H50N2O9. The van der Waals surface area contributed by atoms with Crippen LogP contribution in [-0.4, -0.2) is 60.6 Å². The molecule has 0 spiro atoms. The first-order valence-electron chi connectivity index (χ1n) is 17.2. The number of aliphatic hydroxyl groups excluding tert-OH is 3. The largest absolute Gasteiger partial charge is 0.508 e. The molecule has 5 atom stereocenters. The Kier molecular flexibility index (Phi) is 11.9. The third kappa shape index (κ3) is 7.11. The highest BCUT2D eigenvalue weighted by Gasteiger charge is 2.64. The molecule has 1 aromatic rings. The molecule has 1 aromatic carbocycles. The molecule has 0 heterocycles. The van der Waals surface area contributed by atoms with Crippen LogP contribution in [0.2, 0.25) is 0 Å². The second kappa shape index (κ2) is 15.5. The number of nitrogens with two attached hydrogens (primary N) is 1. The van der Waals surface area contributed by atoms with Gasteiger partial charge in [0, 0.05) is 30.3 Å². The molecule has 11 heteroatoms. The number of hydrogen-bond acceptors (Lipinski definition) is 9. The van der Waals surface area contributed by atoms with Gasteiger partial charge in [-0.05, 0) is 24.0 Å². The zero-order valence-corrected chi connectivity index (χ0v) is 27.5. The van der Waals surface area contributed by atoms with Crippen LogP contribution in [0.4, 0.5) is 5.69 Å². The van der Waals surface area contributed by atoms with Crippen LogP contribution < -0.4 is 11.1 Å². The molecule has 4 rings (SSSR count). The average Bonchev–Trinajstić information content (AvgIpc) is 3.02. The molecule has 8 N–H and O–H groups in total. The highest BCUT2D eigenvalue weighted by molar-refractivity contribution is 6.23. The van der Waals surface area contributed by atoms with E-state index in [1.54, 1.807) is 13.0 Å². The Hall–Kier alpha value is -3.70. The van der Waals surface area contributed by atoms with Crippen molar-refractivity contribution in [1.82, 2.24) is 0 Å². The number of hydrogen-bond donors (Lipinski definition) is 7. The van der Waals surface area contributed by atoms with E-state index in [4.69, 9.17) is 5.73 Å². The quantitative estimate of drug-likeness (QED) is 0.0693. The van der Waals surface area contributed by atoms with Crippen LogP contribution in [-0.2, 0) is 19.2 Å². The molecule has 3 aliphatic rings. The van der Waals surface area contributed by atoms with Crippen molar-refractivity contribution in [3.05, 3.63) is 40.2 Å². The van der Waals surface area contributed by atoms with Gasteiger partial charge in [-0.1, -0.05) is 97.0 Å². The molecule has 3 aliphatic carbocycles. The number of nitrogens with one attached hydrogen (secondary N) is 1. The Morgan fingerprint density at radius 3 is 2.02 bits per heavy atom. The van der Waals surface area contributed by atoms with Crippen molar-refractivity contribution in [3.8, 4) is 5.75 Å². The molecule has 11 nitrogen and oxygen atoms in total. The van der Waals surface area contributed by atoms with Gasteiger partial charge in [0.2, 0.25) is 11.7 Å². The van der Waals surface area contributed by atoms with E-state index in [1.165, 1.54) is 63.9 Å². The first-order chi connectivity index (χ1) is 22.4. The van der Waals surface area contributed by atoms with Gasteiger partial charge < -0.3 is 36.6 Å². The number of amides is 2. The van der Waals surface area contributed by atoms with Gasteiger partial charge >= 0.3 is 0 Å². The number of anilines is 1. The number of carbonyl (C=O) groups excluding carboxylic acids is 4. The van der Waals surface area contributed by atoms with Crippen LogP contribution >= 0.6 is 0 Å². The Morgan fingerprint density at radius 2 is 1.47 bits per heavy atom. The summed E-state index contributed by atoms with van der Waals surface area (Å²) in [6.45, 7) is 3.88. The first kappa shape index (κ1) is 36.1. The number of aromatic hydroxyl groups is 1. The SMILES string of the molecule is CCCCCCCCCCCCCCCC(=O)Nc1ccc2c(c1O)C(O)=C1C(=O)[C@]3(O)C(O)=C(C(N)=O)C(=O)C[C@@H]3[C@H](O)[C@@H]1[C@H]2C. The number of primary amides is 1. The lowest BCUT2D eigenvalue weighted by Gasteiger charge is -2.50. The van der Waals surface area contributed by atoms with Crippen molar-refractivity contribution < 1.29 is 44.7 Å². The van der Waals surface area contributed by atoms with E-state index in [-0.39, 0.29) is 23.6 Å². The molecule has 0 saturated heterocycles. The summed E-state index contributed by atoms with van der Waals surface area (Å²) in [7, 11) is 0. The van der Waals surface area contributed by atoms with Crippen molar-refractivity contribution in [2.45, 2.75) is 128 Å². The molecule has 47 heavy (non-hydrogen) atoms. The monoisotopic (exact) mass is 654 g/mol. The minimum absolute atomic E-state index is 0.0173. The summed E-state index contributed by atoms with van der Waals surface area (Å²) in [6.07, 6.45) is 13.4. The summed E-state index contributed by atoms with van der Waals surface area (Å²) in [5, 5.41) is 58.8. The Labute approximate surface area is 275 Å². The molecule has 0 radical (unpaired) electrons. The van der Waals surface area contributed by atoms with Crippen molar-refractivity contribution in [1.29, 1.82) is 0 Å². The maximum absolute atomic E-state index is 13.8. The van der Waals surface area contributed by atoms with Gasteiger partial charge in [-0.15, -0.1) is 0 Å². The summed E-state index contributed by atoms with van der Waals surface area (Å²) in [4.78, 5) is 51.0. The zero-order chi connectivity index (χ0) is 34.5. The van der Waals surface area contributed by atoms with E-state index < -0.39 is 81.8 Å². The number of fused-ring (bicyclic) bond motifs is 3. The summed E-state index contributed by atoms with van der Waals surface area (Å²) < 4.78 is 0. The van der Waals surface area contributed by atoms with Crippen molar-refractivity contribution in [2.75, 3.05) is 5.32 Å². The van der Waals surface area contributed by atoms with Crippen molar-refractivity contribution in [2.24, 2.45) is 17.6 Å². The van der Waals surface area contributed by atoms with E-state index in [1.807, 2.05) is 0 Å². The van der Waals surface area contributed by atoms with E-state index in [0.717, 1.165) is 19.3 Å². The molecule has 0 unspecified atom stereocenters. The molecule has 1 saturated carbocycles. The number of rotatable bonds is 16. The number of phenols is 1. The molecule has 258 valence electrons. The second-order valence-corrected chi connectivity index (χ2v) is 13.5. The number of unbranched alkanes of at least 4 members (excludes halogenated alkanes) is 12. The number of Topliss-reactive ketones (excluding diaryl/α,β-unsaturated/α-hetero) is 2. The van der Waals surface area contributed by atoms with E-state index in [9.17, 15) is 44.7 Å². The lowest BCUT2D eigenvalue weighted by atomic mass is 9.55. The summed E-state index contributed by atoms with van der Waals surface area (Å²) in [6, 6.07) is 3.05. The molecule has 2 amide bonds. The normalized spacial score (nSPS) is 25.4. The third-order valence-corrected chi connectivity index (χ3v) is 10.3. The van der Waals surface area contributed by atoms with Gasteiger partial charge in [0.25, 0.3) is 5.91 Å². The van der Waals surface area contributed by atoms with E-state index in [0.29, 0.717) is 12.0 Å². The van der Waals surface area contributed by atoms with Crippen molar-refractivity contribution in [3.63, 3.8) is 0 Å². The summed E-state index contributed by atoms with van der Waals surface area (Å²) in [5.74, 6) is -9.62. The number of benzene rings is 1. The predicted molar refractivity (Wildman–Crippen MR) is 176 cm³/mol. The second-order valence-electron chi connectivity index (χ2n) is 13.5. The number of aliphatic hydroxyl groups is 4. The summed E-state index contributed by atoms with van der Waals surface area (Å²) >= 11 is 0. The first-order valence-corrected chi connectivity index (χ1v) is 17.2. The maximum atomic E-state index is 13.8. The van der Waals surface area contributed by atoms with Crippen LogP contribution in [0, 0.1) is 11.8 Å². The van der Waals surface area contributed by atoms with Crippen LogP contribution in [0.15, 0.2) is 29.0 Å². The molecule has 0 bridgehead atoms. The van der Waals surface area contributed by atoms with Crippen LogP contribution in [0.3, 0.4) is 0 Å². The third-order valence-electron chi connectivity index (χ3n) is 10.3. The van der Waals surface area contributed by atoms with Crippen LogP contribution in [0.5, 0.6) is 5.75 Å². The van der Waals surface area contributed by atoms with Gasteiger partial charge in [-0.2, -0.15) is 0 Å². The molecular weight excluding hydrogens is 604 g/mol. The standard InChI is InChI=1S/C36H50N2O9/c1-3-4-5-6-7-8-9-10-11-12-13-14-15-16-25(40)38-23-18-17-21-20(2)26-29(32(43)27(21)31(23)42)34(45)36(47)22(30(26)41)19-24(39)28(33(36)44)35(37)46/h17-18,20,22,26,30,41-44,47H,3-16,19H2,1-2H3,(H2,37,46)(H,38,40)/t20-,22+,26+,30-,36+/m0/s1. The Balaban J connectivity index is 1.40.